The van der Waals surface area contributed by atoms with Crippen LogP contribution in [-0.4, -0.2) is 55.9 Å². The average molecular weight is 629 g/mol. The van der Waals surface area contributed by atoms with E-state index in [1.165, 1.54) is 18.2 Å². The lowest BCUT2D eigenvalue weighted by Crippen LogP contribution is -2.54. The van der Waals surface area contributed by atoms with Crippen molar-refractivity contribution in [1.82, 2.24) is 30.4 Å². The van der Waals surface area contributed by atoms with E-state index in [4.69, 9.17) is 0 Å². The van der Waals surface area contributed by atoms with Gasteiger partial charge in [0, 0.05) is 42.0 Å². The summed E-state index contributed by atoms with van der Waals surface area (Å²) < 4.78 is 1.91. The summed E-state index contributed by atoms with van der Waals surface area (Å²) in [5.41, 5.74) is 3.73. The van der Waals surface area contributed by atoms with E-state index in [-0.39, 0.29) is 48.5 Å². The zero-order valence-corrected chi connectivity index (χ0v) is 25.0. The van der Waals surface area contributed by atoms with E-state index in [9.17, 15) is 28.8 Å². The number of nitrogens with one attached hydrogen (secondary N) is 3. The van der Waals surface area contributed by atoms with Gasteiger partial charge in [-0.15, -0.1) is 0 Å². The number of nitrogens with zero attached hydrogens (tertiary/aromatic N) is 3. The molecule has 1 saturated heterocycles. The molecule has 1 atom stereocenters. The predicted octanol–water partition coefficient (Wildman–Crippen LogP) is 2.84. The lowest BCUT2D eigenvalue weighted by atomic mass is 10.0. The van der Waals surface area contributed by atoms with Crippen LogP contribution in [0.3, 0.4) is 0 Å². The molecule has 3 N–H and O–H groups in total. The number of hydrogen-bond acceptors (Lipinski definition) is 7. The van der Waals surface area contributed by atoms with Gasteiger partial charge >= 0.3 is 0 Å². The standard InChI is InChI=1S/C35H28N6O6/c42-29-14-13-28(33(45)39-29)41-34(46)25-12-11-22(16-26(25)35(41)47)32(44)38-18-21-9-7-20(8-10-21)17-37-30(43)19-40-27-6-2-1-4-23(27)24-5-3-15-36-31(24)40/h1-12,15-16,28H,13-14,17-19H2,(H,37,43)(H,38,44)(H,39,42,45). The molecule has 12 nitrogen and oxygen atoms in total. The van der Waals surface area contributed by atoms with Gasteiger partial charge in [0.15, 0.2) is 0 Å². The first kappa shape index (κ1) is 29.5. The minimum Gasteiger partial charge on any atom is -0.350 e. The summed E-state index contributed by atoms with van der Waals surface area (Å²) in [7, 11) is 0. The number of aromatic nitrogens is 2. The molecule has 0 radical (unpaired) electrons. The molecule has 47 heavy (non-hydrogen) atoms. The van der Waals surface area contributed by atoms with Crippen molar-refractivity contribution in [1.29, 1.82) is 0 Å². The summed E-state index contributed by atoms with van der Waals surface area (Å²) in [4.78, 5) is 81.0. The molecule has 4 heterocycles. The van der Waals surface area contributed by atoms with Crippen LogP contribution in [0.25, 0.3) is 21.9 Å². The lowest BCUT2D eigenvalue weighted by molar-refractivity contribution is -0.136. The van der Waals surface area contributed by atoms with E-state index in [0.29, 0.717) is 6.54 Å². The molecule has 5 aromatic rings. The summed E-state index contributed by atoms with van der Waals surface area (Å²) in [6, 6.07) is 22.3. The van der Waals surface area contributed by atoms with Crippen LogP contribution in [0.5, 0.6) is 0 Å². The Labute approximate surface area is 267 Å². The Bertz CT molecular complexity index is 2080. The van der Waals surface area contributed by atoms with Crippen molar-refractivity contribution in [3.05, 3.63) is 113 Å². The third kappa shape index (κ3) is 5.50. The highest BCUT2D eigenvalue weighted by Crippen LogP contribution is 2.29. The Morgan fingerprint density at radius 1 is 0.809 bits per heavy atom. The number of imide groups is 2. The fraction of sp³-hybridized carbons (Fsp3) is 0.171. The van der Waals surface area contributed by atoms with Crippen molar-refractivity contribution < 1.29 is 28.8 Å². The molecule has 2 aliphatic rings. The van der Waals surface area contributed by atoms with E-state index in [1.54, 1.807) is 6.20 Å². The van der Waals surface area contributed by atoms with Gasteiger partial charge in [0.25, 0.3) is 17.7 Å². The largest absolute Gasteiger partial charge is 0.350 e. The van der Waals surface area contributed by atoms with E-state index < -0.39 is 35.6 Å². The maximum atomic E-state index is 13.1. The molecule has 0 bridgehead atoms. The Morgan fingerprint density at radius 3 is 2.28 bits per heavy atom. The molecule has 0 saturated carbocycles. The van der Waals surface area contributed by atoms with Crippen LogP contribution in [0.2, 0.25) is 0 Å². The van der Waals surface area contributed by atoms with Gasteiger partial charge in [0.1, 0.15) is 18.2 Å². The van der Waals surface area contributed by atoms with Gasteiger partial charge in [-0.2, -0.15) is 0 Å². The van der Waals surface area contributed by atoms with E-state index in [1.807, 2.05) is 65.2 Å². The fourth-order valence-electron chi connectivity index (χ4n) is 6.10. The molecule has 234 valence electrons. The normalized spacial score (nSPS) is 16.0. The first-order chi connectivity index (χ1) is 22.8. The monoisotopic (exact) mass is 628 g/mol. The third-order valence-corrected chi connectivity index (χ3v) is 8.50. The van der Waals surface area contributed by atoms with Crippen LogP contribution in [0.1, 0.15) is 55.0 Å². The molecule has 2 aliphatic heterocycles. The number of hydrogen-bond donors (Lipinski definition) is 3. The van der Waals surface area contributed by atoms with E-state index in [0.717, 1.165) is 38.0 Å². The van der Waals surface area contributed by atoms with Gasteiger partial charge in [-0.3, -0.25) is 39.0 Å². The molecular formula is C35H28N6O6. The molecule has 3 aromatic carbocycles. The molecule has 0 spiro atoms. The highest BCUT2D eigenvalue weighted by Gasteiger charge is 2.44. The summed E-state index contributed by atoms with van der Waals surface area (Å²) >= 11 is 0. The highest BCUT2D eigenvalue weighted by molar-refractivity contribution is 6.24. The number of pyridine rings is 1. The van der Waals surface area contributed by atoms with Crippen molar-refractivity contribution in [3.63, 3.8) is 0 Å². The van der Waals surface area contributed by atoms with Crippen LogP contribution in [0.15, 0.2) is 85.1 Å². The lowest BCUT2D eigenvalue weighted by Gasteiger charge is -2.27. The Balaban J connectivity index is 0.942. The van der Waals surface area contributed by atoms with Gasteiger partial charge in [0.2, 0.25) is 17.7 Å². The number of benzene rings is 3. The zero-order chi connectivity index (χ0) is 32.7. The first-order valence-electron chi connectivity index (χ1n) is 15.1. The smallest absolute Gasteiger partial charge is 0.262 e. The van der Waals surface area contributed by atoms with Gasteiger partial charge in [-0.1, -0.05) is 42.5 Å². The second-order valence-corrected chi connectivity index (χ2v) is 11.5. The minimum absolute atomic E-state index is 0.0225. The van der Waals surface area contributed by atoms with Gasteiger partial charge in [0.05, 0.1) is 16.6 Å². The maximum Gasteiger partial charge on any atom is 0.262 e. The number of piperidine rings is 1. The van der Waals surface area contributed by atoms with Crippen LogP contribution in [-0.2, 0) is 34.0 Å². The van der Waals surface area contributed by atoms with Gasteiger partial charge in [-0.05, 0) is 53.9 Å². The topological polar surface area (TPSA) is 160 Å². The highest BCUT2D eigenvalue weighted by atomic mass is 16.2. The molecule has 0 aliphatic carbocycles. The molecule has 12 heteroatoms. The molecule has 6 amide bonds. The number of fused-ring (bicyclic) bond motifs is 4. The molecule has 1 unspecified atom stereocenters. The maximum absolute atomic E-state index is 13.1. The number of amides is 6. The number of para-hydroxylation sites is 1. The minimum atomic E-state index is -1.08. The second-order valence-electron chi connectivity index (χ2n) is 11.5. The molecule has 1 fully saturated rings. The van der Waals surface area contributed by atoms with Gasteiger partial charge < -0.3 is 15.2 Å². The number of rotatable bonds is 8. The van der Waals surface area contributed by atoms with Crippen LogP contribution in [0, 0.1) is 0 Å². The fourth-order valence-corrected chi connectivity index (χ4v) is 6.10. The summed E-state index contributed by atoms with van der Waals surface area (Å²) in [5.74, 6) is -3.05. The van der Waals surface area contributed by atoms with Crippen molar-refractivity contribution in [2.75, 3.05) is 0 Å². The number of carbonyl (C=O) groups is 6. The van der Waals surface area contributed by atoms with Crippen molar-refractivity contribution >= 4 is 57.4 Å². The van der Waals surface area contributed by atoms with Crippen LogP contribution >= 0.6 is 0 Å². The van der Waals surface area contributed by atoms with Gasteiger partial charge in [-0.25, -0.2) is 4.98 Å². The zero-order valence-electron chi connectivity index (χ0n) is 25.0. The quantitative estimate of drug-likeness (QED) is 0.223. The summed E-state index contributed by atoms with van der Waals surface area (Å²) in [5, 5.41) is 9.98. The van der Waals surface area contributed by atoms with Crippen LogP contribution in [0.4, 0.5) is 0 Å². The molecular weight excluding hydrogens is 600 g/mol. The average Bonchev–Trinajstić information content (AvgIpc) is 3.53. The summed E-state index contributed by atoms with van der Waals surface area (Å²) in [6.45, 7) is 0.662. The molecule has 2 aromatic heterocycles. The number of carbonyl (C=O) groups excluding carboxylic acids is 6. The van der Waals surface area contributed by atoms with Crippen molar-refractivity contribution in [2.24, 2.45) is 0 Å². The van der Waals surface area contributed by atoms with E-state index >= 15 is 0 Å². The third-order valence-electron chi connectivity index (χ3n) is 8.50. The Kier molecular flexibility index (Phi) is 7.52. The second kappa shape index (κ2) is 12.0. The Hall–Kier alpha value is -6.17. The predicted molar refractivity (Wildman–Crippen MR) is 170 cm³/mol. The van der Waals surface area contributed by atoms with Crippen LogP contribution < -0.4 is 16.0 Å². The Morgan fingerprint density at radius 2 is 1.51 bits per heavy atom. The molecule has 7 rings (SSSR count). The van der Waals surface area contributed by atoms with Crippen molar-refractivity contribution in [2.45, 2.75) is 38.5 Å². The van der Waals surface area contributed by atoms with E-state index in [2.05, 4.69) is 20.9 Å². The SMILES string of the molecule is O=C(Cn1c2ccccc2c2cccnc21)NCc1ccc(CNC(=O)c2ccc3c(c2)C(=O)N(C2CCC(=O)NC2=O)C3=O)cc1. The first-order valence-corrected chi connectivity index (χ1v) is 15.1. The van der Waals surface area contributed by atoms with Crippen molar-refractivity contribution in [3.8, 4) is 0 Å². The summed E-state index contributed by atoms with van der Waals surface area (Å²) in [6.07, 6.45) is 1.79.